The van der Waals surface area contributed by atoms with Crippen molar-refractivity contribution >= 4 is 33.1 Å². The average molecular weight is 435 g/mol. The van der Waals surface area contributed by atoms with Crippen LogP contribution in [0.1, 0.15) is 5.56 Å². The number of nitrogens with one attached hydrogen (secondary N) is 1. The highest BCUT2D eigenvalue weighted by molar-refractivity contribution is 7.21. The number of benzene rings is 3. The zero-order chi connectivity index (χ0) is 21.8. The predicted molar refractivity (Wildman–Crippen MR) is 123 cm³/mol. The molecular weight excluding hydrogens is 412 g/mol. The molecule has 0 unspecified atom stereocenters. The summed E-state index contributed by atoms with van der Waals surface area (Å²) < 4.78 is 17.3. The standard InChI is InChI=1S/C24H22N2O4S/c1-28-19-13-12-15(22(29-2)23(19)30-3)14-21(27)25-17-9-5-4-8-16(17)24-26-18-10-6-7-11-20(18)31-24/h4-13H,14H2,1-3H3,(H,25,27). The SMILES string of the molecule is COc1ccc(CC(=O)Nc2ccccc2-c2nc3ccccc3s2)c(OC)c1OC. The molecule has 0 aliphatic rings. The number of rotatable bonds is 7. The highest BCUT2D eigenvalue weighted by Crippen LogP contribution is 2.40. The topological polar surface area (TPSA) is 69.7 Å². The van der Waals surface area contributed by atoms with Gasteiger partial charge in [0.25, 0.3) is 0 Å². The number of aromatic nitrogens is 1. The minimum absolute atomic E-state index is 0.123. The molecule has 0 atom stereocenters. The lowest BCUT2D eigenvalue weighted by Crippen LogP contribution is -2.15. The first-order valence-corrected chi connectivity index (χ1v) is 10.5. The van der Waals surface area contributed by atoms with Gasteiger partial charge in [0.1, 0.15) is 5.01 Å². The van der Waals surface area contributed by atoms with Crippen molar-refractivity contribution in [2.75, 3.05) is 26.6 Å². The van der Waals surface area contributed by atoms with Gasteiger partial charge in [0.2, 0.25) is 11.7 Å². The highest BCUT2D eigenvalue weighted by atomic mass is 32.1. The van der Waals surface area contributed by atoms with Crippen LogP contribution in [-0.4, -0.2) is 32.2 Å². The molecule has 7 heteroatoms. The fourth-order valence-corrected chi connectivity index (χ4v) is 4.44. The molecule has 4 rings (SSSR count). The van der Waals surface area contributed by atoms with Crippen molar-refractivity contribution in [1.82, 2.24) is 4.98 Å². The van der Waals surface area contributed by atoms with Crippen LogP contribution in [-0.2, 0) is 11.2 Å². The third kappa shape index (κ3) is 4.18. The Hall–Kier alpha value is -3.58. The van der Waals surface area contributed by atoms with E-state index in [4.69, 9.17) is 19.2 Å². The number of methoxy groups -OCH3 is 3. The molecule has 0 fully saturated rings. The molecule has 0 spiro atoms. The fourth-order valence-electron chi connectivity index (χ4n) is 3.44. The molecule has 4 aromatic rings. The molecule has 0 saturated heterocycles. The third-order valence-electron chi connectivity index (χ3n) is 4.86. The summed E-state index contributed by atoms with van der Waals surface area (Å²) in [6.45, 7) is 0. The van der Waals surface area contributed by atoms with E-state index in [1.807, 2.05) is 48.5 Å². The molecule has 158 valence electrons. The lowest BCUT2D eigenvalue weighted by atomic mass is 10.1. The van der Waals surface area contributed by atoms with Gasteiger partial charge in [-0.15, -0.1) is 11.3 Å². The lowest BCUT2D eigenvalue weighted by molar-refractivity contribution is -0.115. The summed E-state index contributed by atoms with van der Waals surface area (Å²) in [6, 6.07) is 19.2. The smallest absolute Gasteiger partial charge is 0.228 e. The quantitative estimate of drug-likeness (QED) is 0.435. The van der Waals surface area contributed by atoms with Gasteiger partial charge < -0.3 is 19.5 Å². The van der Waals surface area contributed by atoms with Gasteiger partial charge in [0.05, 0.1) is 43.7 Å². The number of carbonyl (C=O) groups is 1. The predicted octanol–water partition coefficient (Wildman–Crippen LogP) is 5.17. The maximum atomic E-state index is 12.9. The lowest BCUT2D eigenvalue weighted by Gasteiger charge is -2.16. The molecule has 6 nitrogen and oxygen atoms in total. The van der Waals surface area contributed by atoms with Crippen molar-refractivity contribution in [2.45, 2.75) is 6.42 Å². The summed E-state index contributed by atoms with van der Waals surface area (Å²) in [5, 5.41) is 3.88. The van der Waals surface area contributed by atoms with Gasteiger partial charge in [0.15, 0.2) is 11.5 Å². The first-order valence-electron chi connectivity index (χ1n) is 9.67. The highest BCUT2D eigenvalue weighted by Gasteiger charge is 2.19. The molecule has 1 heterocycles. The molecule has 1 aromatic heterocycles. The van der Waals surface area contributed by atoms with Gasteiger partial charge in [0, 0.05) is 11.1 Å². The van der Waals surface area contributed by atoms with Crippen LogP contribution < -0.4 is 19.5 Å². The number of nitrogens with zero attached hydrogens (tertiary/aromatic N) is 1. The van der Waals surface area contributed by atoms with E-state index < -0.39 is 0 Å². The van der Waals surface area contributed by atoms with E-state index in [2.05, 4.69) is 5.32 Å². The Morgan fingerprint density at radius 3 is 2.39 bits per heavy atom. The van der Waals surface area contributed by atoms with Crippen LogP contribution in [0.5, 0.6) is 17.2 Å². The van der Waals surface area contributed by atoms with E-state index in [1.165, 1.54) is 0 Å². The second-order valence-corrected chi connectivity index (χ2v) is 7.78. The van der Waals surface area contributed by atoms with E-state index in [9.17, 15) is 4.79 Å². The molecule has 0 saturated carbocycles. The number of ether oxygens (including phenoxy) is 3. The van der Waals surface area contributed by atoms with Crippen molar-refractivity contribution in [1.29, 1.82) is 0 Å². The number of amides is 1. The normalized spacial score (nSPS) is 10.7. The molecule has 1 amide bonds. The van der Waals surface area contributed by atoms with E-state index in [-0.39, 0.29) is 12.3 Å². The molecule has 1 N–H and O–H groups in total. The van der Waals surface area contributed by atoms with Crippen molar-refractivity contribution in [3.63, 3.8) is 0 Å². The van der Waals surface area contributed by atoms with Crippen molar-refractivity contribution in [3.05, 3.63) is 66.2 Å². The van der Waals surface area contributed by atoms with Crippen molar-refractivity contribution < 1.29 is 19.0 Å². The molecule has 3 aromatic carbocycles. The second-order valence-electron chi connectivity index (χ2n) is 6.75. The van der Waals surface area contributed by atoms with E-state index >= 15 is 0 Å². The summed E-state index contributed by atoms with van der Waals surface area (Å²) in [5.74, 6) is 1.32. The van der Waals surface area contributed by atoms with Crippen molar-refractivity contribution in [2.24, 2.45) is 0 Å². The van der Waals surface area contributed by atoms with Crippen LogP contribution >= 0.6 is 11.3 Å². The number of thiazole rings is 1. The summed E-state index contributed by atoms with van der Waals surface area (Å²) >= 11 is 1.60. The molecule has 0 radical (unpaired) electrons. The van der Waals surface area contributed by atoms with Crippen LogP contribution in [0.2, 0.25) is 0 Å². The zero-order valence-electron chi connectivity index (χ0n) is 17.5. The number of hydrogen-bond acceptors (Lipinski definition) is 6. The molecule has 0 aliphatic heterocycles. The van der Waals surface area contributed by atoms with Crippen LogP contribution in [0, 0.1) is 0 Å². The van der Waals surface area contributed by atoms with Gasteiger partial charge in [-0.2, -0.15) is 0 Å². The van der Waals surface area contributed by atoms with Gasteiger partial charge in [-0.05, 0) is 30.3 Å². The van der Waals surface area contributed by atoms with Crippen LogP contribution in [0.15, 0.2) is 60.7 Å². The maximum Gasteiger partial charge on any atom is 0.228 e. The van der Waals surface area contributed by atoms with E-state index in [0.29, 0.717) is 28.5 Å². The summed E-state index contributed by atoms with van der Waals surface area (Å²) in [5.41, 5.74) is 3.25. The van der Waals surface area contributed by atoms with Crippen LogP contribution in [0.3, 0.4) is 0 Å². The van der Waals surface area contributed by atoms with Gasteiger partial charge in [-0.1, -0.05) is 30.3 Å². The van der Waals surface area contributed by atoms with Crippen molar-refractivity contribution in [3.8, 4) is 27.8 Å². The first-order chi connectivity index (χ1) is 15.1. The summed E-state index contributed by atoms with van der Waals surface area (Å²) in [6.07, 6.45) is 0.123. The van der Waals surface area contributed by atoms with E-state index in [1.54, 1.807) is 44.8 Å². The Kier molecular flexibility index (Phi) is 6.04. The summed E-state index contributed by atoms with van der Waals surface area (Å²) in [7, 11) is 4.64. The first kappa shape index (κ1) is 20.7. The Morgan fingerprint density at radius 2 is 1.65 bits per heavy atom. The minimum atomic E-state index is -0.168. The Bertz CT molecular complexity index is 1200. The maximum absolute atomic E-state index is 12.9. The fraction of sp³-hybridized carbons (Fsp3) is 0.167. The Morgan fingerprint density at radius 1 is 0.903 bits per heavy atom. The monoisotopic (exact) mass is 434 g/mol. The Balaban J connectivity index is 1.60. The number of carbonyl (C=O) groups excluding carboxylic acids is 1. The largest absolute Gasteiger partial charge is 0.493 e. The van der Waals surface area contributed by atoms with Gasteiger partial charge >= 0.3 is 0 Å². The molecular formula is C24H22N2O4S. The third-order valence-corrected chi connectivity index (χ3v) is 5.93. The molecule has 0 bridgehead atoms. The number of anilines is 1. The Labute approximate surface area is 184 Å². The van der Waals surface area contributed by atoms with Crippen LogP contribution in [0.4, 0.5) is 5.69 Å². The number of fused-ring (bicyclic) bond motifs is 1. The average Bonchev–Trinajstić information content (AvgIpc) is 3.23. The molecule has 0 aliphatic carbocycles. The number of hydrogen-bond donors (Lipinski definition) is 1. The minimum Gasteiger partial charge on any atom is -0.493 e. The number of para-hydroxylation sites is 2. The second kappa shape index (κ2) is 9.06. The van der Waals surface area contributed by atoms with Crippen LogP contribution in [0.25, 0.3) is 20.8 Å². The van der Waals surface area contributed by atoms with E-state index in [0.717, 1.165) is 20.8 Å². The van der Waals surface area contributed by atoms with Gasteiger partial charge in [-0.3, -0.25) is 4.79 Å². The molecule has 31 heavy (non-hydrogen) atoms. The zero-order valence-corrected chi connectivity index (χ0v) is 18.3. The van der Waals surface area contributed by atoms with Gasteiger partial charge in [-0.25, -0.2) is 4.98 Å². The summed E-state index contributed by atoms with van der Waals surface area (Å²) in [4.78, 5) is 17.6.